The van der Waals surface area contributed by atoms with Crippen LogP contribution in [-0.4, -0.2) is 23.8 Å². The third kappa shape index (κ3) is 3.59. The molecule has 2 rings (SSSR count). The van der Waals surface area contributed by atoms with E-state index in [2.05, 4.69) is 0 Å². The van der Waals surface area contributed by atoms with Crippen molar-refractivity contribution in [1.29, 1.82) is 0 Å². The number of thioether (sulfide) groups is 1. The molecule has 0 aliphatic rings. The van der Waals surface area contributed by atoms with Crippen molar-refractivity contribution in [1.82, 2.24) is 0 Å². The second kappa shape index (κ2) is 6.41. The molecule has 19 heavy (non-hydrogen) atoms. The number of aliphatic hydroxyl groups excluding tert-OH is 1. The minimum atomic E-state index is -0.476. The van der Waals surface area contributed by atoms with E-state index in [0.29, 0.717) is 11.3 Å². The Labute approximate surface area is 116 Å². The summed E-state index contributed by atoms with van der Waals surface area (Å²) in [6.45, 7) is -0.476. The summed E-state index contributed by atoms with van der Waals surface area (Å²) in [5.74, 6) is 1.11. The van der Waals surface area contributed by atoms with Crippen LogP contribution in [-0.2, 0) is 0 Å². The average molecular weight is 274 g/mol. The molecule has 2 aromatic carbocycles. The molecule has 0 aliphatic carbocycles. The Morgan fingerprint density at radius 2 is 1.58 bits per heavy atom. The molecule has 3 nitrogen and oxygen atoms in total. The maximum atomic E-state index is 11.3. The van der Waals surface area contributed by atoms with E-state index in [1.807, 2.05) is 30.5 Å². The van der Waals surface area contributed by atoms with Crippen LogP contribution in [0.5, 0.6) is 11.5 Å². The summed E-state index contributed by atoms with van der Waals surface area (Å²) in [7, 11) is 0. The maximum absolute atomic E-state index is 11.3. The van der Waals surface area contributed by atoms with Gasteiger partial charge in [-0.3, -0.25) is 4.79 Å². The van der Waals surface area contributed by atoms with Gasteiger partial charge in [0, 0.05) is 10.5 Å². The van der Waals surface area contributed by atoms with E-state index in [-0.39, 0.29) is 5.78 Å². The SMILES string of the molecule is CSc1ccc(Oc2ccc(C(=O)CO)cc2)cc1. The Morgan fingerprint density at radius 1 is 1.05 bits per heavy atom. The predicted molar refractivity (Wildman–Crippen MR) is 76.2 cm³/mol. The molecule has 2 aromatic rings. The lowest BCUT2D eigenvalue weighted by Crippen LogP contribution is -2.03. The number of rotatable bonds is 5. The van der Waals surface area contributed by atoms with Gasteiger partial charge in [0.15, 0.2) is 5.78 Å². The van der Waals surface area contributed by atoms with Crippen molar-refractivity contribution in [3.8, 4) is 11.5 Å². The molecule has 0 unspecified atom stereocenters. The van der Waals surface area contributed by atoms with Gasteiger partial charge in [-0.2, -0.15) is 0 Å². The van der Waals surface area contributed by atoms with E-state index in [0.717, 1.165) is 5.75 Å². The van der Waals surface area contributed by atoms with Crippen LogP contribution in [0, 0.1) is 0 Å². The van der Waals surface area contributed by atoms with Crippen LogP contribution in [0.4, 0.5) is 0 Å². The molecule has 0 fully saturated rings. The monoisotopic (exact) mass is 274 g/mol. The molecule has 4 heteroatoms. The normalized spacial score (nSPS) is 10.2. The average Bonchev–Trinajstić information content (AvgIpc) is 2.48. The first-order chi connectivity index (χ1) is 9.22. The molecule has 0 spiro atoms. The molecule has 0 bridgehead atoms. The summed E-state index contributed by atoms with van der Waals surface area (Å²) < 4.78 is 5.66. The third-order valence-corrected chi connectivity index (χ3v) is 3.36. The van der Waals surface area contributed by atoms with E-state index in [1.54, 1.807) is 36.0 Å². The fraction of sp³-hybridized carbons (Fsp3) is 0.133. The summed E-state index contributed by atoms with van der Waals surface area (Å²) in [4.78, 5) is 12.4. The van der Waals surface area contributed by atoms with Gasteiger partial charge < -0.3 is 9.84 Å². The topological polar surface area (TPSA) is 46.5 Å². The fourth-order valence-corrected chi connectivity index (χ4v) is 1.99. The molecule has 0 aliphatic heterocycles. The largest absolute Gasteiger partial charge is 0.457 e. The van der Waals surface area contributed by atoms with Crippen molar-refractivity contribution in [3.05, 3.63) is 54.1 Å². The number of aliphatic hydroxyl groups is 1. The number of hydrogen-bond acceptors (Lipinski definition) is 4. The fourth-order valence-electron chi connectivity index (χ4n) is 1.58. The van der Waals surface area contributed by atoms with Crippen molar-refractivity contribution in [2.75, 3.05) is 12.9 Å². The van der Waals surface area contributed by atoms with Crippen LogP contribution in [0.2, 0.25) is 0 Å². The molecule has 0 saturated carbocycles. The standard InChI is InChI=1S/C15H14O3S/c1-19-14-8-6-13(7-9-14)18-12-4-2-11(3-5-12)15(17)10-16/h2-9,16H,10H2,1H3. The lowest BCUT2D eigenvalue weighted by atomic mass is 10.1. The summed E-state index contributed by atoms with van der Waals surface area (Å²) in [5, 5.41) is 8.76. The second-order valence-corrected chi connectivity index (χ2v) is 4.76. The Bertz CT molecular complexity index is 547. The molecule has 0 atom stereocenters. The van der Waals surface area contributed by atoms with E-state index in [4.69, 9.17) is 9.84 Å². The van der Waals surface area contributed by atoms with Gasteiger partial charge in [-0.1, -0.05) is 0 Å². The Morgan fingerprint density at radius 3 is 2.05 bits per heavy atom. The number of ketones is 1. The number of hydrogen-bond donors (Lipinski definition) is 1. The zero-order valence-electron chi connectivity index (χ0n) is 10.5. The van der Waals surface area contributed by atoms with Crippen LogP contribution in [0.15, 0.2) is 53.4 Å². The molecule has 0 aromatic heterocycles. The van der Waals surface area contributed by atoms with E-state index in [9.17, 15) is 4.79 Å². The third-order valence-electron chi connectivity index (χ3n) is 2.62. The maximum Gasteiger partial charge on any atom is 0.188 e. The van der Waals surface area contributed by atoms with E-state index < -0.39 is 6.61 Å². The summed E-state index contributed by atoms with van der Waals surface area (Å²) in [6.07, 6.45) is 2.02. The summed E-state index contributed by atoms with van der Waals surface area (Å²) in [5.41, 5.74) is 0.479. The first kappa shape index (κ1) is 13.6. The van der Waals surface area contributed by atoms with Gasteiger partial charge in [0.25, 0.3) is 0 Å². The molecular weight excluding hydrogens is 260 g/mol. The van der Waals surface area contributed by atoms with E-state index >= 15 is 0 Å². The lowest BCUT2D eigenvalue weighted by Gasteiger charge is -2.06. The van der Waals surface area contributed by atoms with E-state index in [1.165, 1.54) is 4.90 Å². The number of carbonyl (C=O) groups is 1. The van der Waals surface area contributed by atoms with Crippen molar-refractivity contribution < 1.29 is 14.6 Å². The number of benzene rings is 2. The quantitative estimate of drug-likeness (QED) is 0.670. The highest BCUT2D eigenvalue weighted by atomic mass is 32.2. The minimum Gasteiger partial charge on any atom is -0.457 e. The molecule has 1 N–H and O–H groups in total. The number of ether oxygens (including phenoxy) is 1. The lowest BCUT2D eigenvalue weighted by molar-refractivity contribution is 0.0903. The Kier molecular flexibility index (Phi) is 4.60. The zero-order valence-corrected chi connectivity index (χ0v) is 11.3. The van der Waals surface area contributed by atoms with Gasteiger partial charge in [-0.25, -0.2) is 0 Å². The molecule has 0 heterocycles. The second-order valence-electron chi connectivity index (χ2n) is 3.88. The summed E-state index contributed by atoms with van der Waals surface area (Å²) >= 11 is 1.67. The van der Waals surface area contributed by atoms with Gasteiger partial charge in [-0.05, 0) is 54.8 Å². The highest BCUT2D eigenvalue weighted by Crippen LogP contribution is 2.24. The number of Topliss-reactive ketones (excluding diaryl/α,β-unsaturated/α-hetero) is 1. The van der Waals surface area contributed by atoms with Crippen LogP contribution >= 0.6 is 11.8 Å². The van der Waals surface area contributed by atoms with Crippen LogP contribution < -0.4 is 4.74 Å². The molecule has 0 amide bonds. The van der Waals surface area contributed by atoms with Crippen LogP contribution in [0.1, 0.15) is 10.4 Å². The van der Waals surface area contributed by atoms with Gasteiger partial charge in [-0.15, -0.1) is 11.8 Å². The smallest absolute Gasteiger partial charge is 0.188 e. The zero-order chi connectivity index (χ0) is 13.7. The van der Waals surface area contributed by atoms with Gasteiger partial charge in [0.2, 0.25) is 0 Å². The van der Waals surface area contributed by atoms with Crippen LogP contribution in [0.25, 0.3) is 0 Å². The first-order valence-corrected chi connectivity index (χ1v) is 7.01. The number of carbonyl (C=O) groups excluding carboxylic acids is 1. The highest BCUT2D eigenvalue weighted by Gasteiger charge is 2.04. The van der Waals surface area contributed by atoms with Crippen molar-refractivity contribution >= 4 is 17.5 Å². The van der Waals surface area contributed by atoms with Crippen molar-refractivity contribution in [3.63, 3.8) is 0 Å². The van der Waals surface area contributed by atoms with Gasteiger partial charge in [0.1, 0.15) is 18.1 Å². The Hall–Kier alpha value is -1.78. The molecule has 0 radical (unpaired) electrons. The predicted octanol–water partition coefficient (Wildman–Crippen LogP) is 3.38. The minimum absolute atomic E-state index is 0.295. The Balaban J connectivity index is 2.08. The van der Waals surface area contributed by atoms with Gasteiger partial charge >= 0.3 is 0 Å². The highest BCUT2D eigenvalue weighted by molar-refractivity contribution is 7.98. The van der Waals surface area contributed by atoms with Crippen molar-refractivity contribution in [2.45, 2.75) is 4.90 Å². The van der Waals surface area contributed by atoms with Crippen LogP contribution in [0.3, 0.4) is 0 Å². The van der Waals surface area contributed by atoms with Gasteiger partial charge in [0.05, 0.1) is 0 Å². The molecule has 0 saturated heterocycles. The first-order valence-electron chi connectivity index (χ1n) is 5.79. The summed E-state index contributed by atoms with van der Waals surface area (Å²) in [6, 6.07) is 14.5. The molecular formula is C15H14O3S. The van der Waals surface area contributed by atoms with Crippen molar-refractivity contribution in [2.24, 2.45) is 0 Å². The molecule has 98 valence electrons.